The standard InChI is InChI=1S/C15H13Cl2NO2S/c16-11-6-7-13(17)15(9-11)21(19,20)18-14-8-5-10-3-1-2-4-12(10)14/h1-4,6-7,9,14,18H,5,8H2. The number of rotatable bonds is 3. The number of aryl methyl sites for hydroxylation is 1. The second kappa shape index (κ2) is 5.61. The number of benzene rings is 2. The summed E-state index contributed by atoms with van der Waals surface area (Å²) >= 11 is 11.9. The molecule has 6 heteroatoms. The van der Waals surface area contributed by atoms with Crippen molar-refractivity contribution in [2.75, 3.05) is 0 Å². The Morgan fingerprint density at radius 2 is 1.86 bits per heavy atom. The van der Waals surface area contributed by atoms with Crippen molar-refractivity contribution in [2.45, 2.75) is 23.8 Å². The lowest BCUT2D eigenvalue weighted by Gasteiger charge is -2.15. The van der Waals surface area contributed by atoms with Gasteiger partial charge in [-0.1, -0.05) is 47.5 Å². The molecule has 21 heavy (non-hydrogen) atoms. The topological polar surface area (TPSA) is 46.2 Å². The molecule has 2 aromatic carbocycles. The first kappa shape index (κ1) is 14.9. The van der Waals surface area contributed by atoms with Crippen LogP contribution in [0, 0.1) is 0 Å². The molecule has 0 radical (unpaired) electrons. The molecule has 0 aromatic heterocycles. The van der Waals surface area contributed by atoms with Crippen molar-refractivity contribution < 1.29 is 8.42 Å². The summed E-state index contributed by atoms with van der Waals surface area (Å²) in [4.78, 5) is 0.0149. The van der Waals surface area contributed by atoms with E-state index in [4.69, 9.17) is 23.2 Å². The first-order valence-corrected chi connectivity index (χ1v) is 8.76. The molecule has 0 saturated carbocycles. The molecule has 1 atom stereocenters. The third-order valence-corrected chi connectivity index (χ3v) is 5.80. The molecular formula is C15H13Cl2NO2S. The van der Waals surface area contributed by atoms with Crippen molar-refractivity contribution in [3.05, 3.63) is 63.6 Å². The predicted octanol–water partition coefficient (Wildman–Crippen LogP) is 3.96. The van der Waals surface area contributed by atoms with Crippen LogP contribution in [0.1, 0.15) is 23.6 Å². The maximum absolute atomic E-state index is 12.5. The highest BCUT2D eigenvalue weighted by molar-refractivity contribution is 7.89. The average Bonchev–Trinajstić information content (AvgIpc) is 2.84. The van der Waals surface area contributed by atoms with Gasteiger partial charge in [-0.3, -0.25) is 0 Å². The molecule has 2 aromatic rings. The minimum Gasteiger partial charge on any atom is -0.207 e. The van der Waals surface area contributed by atoms with Gasteiger partial charge in [-0.25, -0.2) is 13.1 Å². The molecule has 0 bridgehead atoms. The molecule has 0 heterocycles. The highest BCUT2D eigenvalue weighted by Crippen LogP contribution is 2.33. The van der Waals surface area contributed by atoms with E-state index in [1.807, 2.05) is 24.3 Å². The first-order valence-electron chi connectivity index (χ1n) is 6.52. The Labute approximate surface area is 133 Å². The Kier molecular flexibility index (Phi) is 3.97. The maximum Gasteiger partial charge on any atom is 0.242 e. The largest absolute Gasteiger partial charge is 0.242 e. The smallest absolute Gasteiger partial charge is 0.207 e. The number of hydrogen-bond donors (Lipinski definition) is 1. The van der Waals surface area contributed by atoms with Gasteiger partial charge in [-0.15, -0.1) is 0 Å². The predicted molar refractivity (Wildman–Crippen MR) is 84.3 cm³/mol. The van der Waals surface area contributed by atoms with Crippen molar-refractivity contribution in [1.82, 2.24) is 4.72 Å². The van der Waals surface area contributed by atoms with Crippen LogP contribution >= 0.6 is 23.2 Å². The normalized spacial score (nSPS) is 17.7. The highest BCUT2D eigenvalue weighted by Gasteiger charge is 2.28. The van der Waals surface area contributed by atoms with E-state index in [0.29, 0.717) is 5.02 Å². The summed E-state index contributed by atoms with van der Waals surface area (Å²) in [5.41, 5.74) is 2.21. The Balaban J connectivity index is 1.93. The van der Waals surface area contributed by atoms with Crippen molar-refractivity contribution in [3.63, 3.8) is 0 Å². The first-order chi connectivity index (χ1) is 9.97. The van der Waals surface area contributed by atoms with Crippen molar-refractivity contribution in [1.29, 1.82) is 0 Å². The zero-order valence-electron chi connectivity index (χ0n) is 11.0. The molecule has 0 spiro atoms. The minimum absolute atomic E-state index is 0.0149. The Morgan fingerprint density at radius 3 is 2.67 bits per heavy atom. The fourth-order valence-electron chi connectivity index (χ4n) is 2.61. The molecule has 3 rings (SSSR count). The van der Waals surface area contributed by atoms with Gasteiger partial charge in [0.05, 0.1) is 5.02 Å². The van der Waals surface area contributed by atoms with Crippen LogP contribution in [0.25, 0.3) is 0 Å². The molecule has 1 aliphatic rings. The number of fused-ring (bicyclic) bond motifs is 1. The van der Waals surface area contributed by atoms with Crippen LogP contribution in [0.15, 0.2) is 47.4 Å². The fourth-order valence-corrected chi connectivity index (χ4v) is 4.63. The molecule has 110 valence electrons. The zero-order valence-corrected chi connectivity index (χ0v) is 13.3. The lowest BCUT2D eigenvalue weighted by molar-refractivity contribution is 0.554. The van der Waals surface area contributed by atoms with E-state index in [1.54, 1.807) is 6.07 Å². The van der Waals surface area contributed by atoms with Gasteiger partial charge in [0, 0.05) is 11.1 Å². The Morgan fingerprint density at radius 1 is 1.10 bits per heavy atom. The van der Waals surface area contributed by atoms with Crippen LogP contribution in [0.4, 0.5) is 0 Å². The van der Waals surface area contributed by atoms with E-state index in [2.05, 4.69) is 4.72 Å². The van der Waals surface area contributed by atoms with E-state index in [1.165, 1.54) is 17.7 Å². The third kappa shape index (κ3) is 2.94. The molecule has 0 fully saturated rings. The monoisotopic (exact) mass is 341 g/mol. The van der Waals surface area contributed by atoms with Crippen molar-refractivity contribution in [2.24, 2.45) is 0 Å². The number of hydrogen-bond acceptors (Lipinski definition) is 2. The number of sulfonamides is 1. The summed E-state index contributed by atoms with van der Waals surface area (Å²) in [6.07, 6.45) is 1.61. The van der Waals surface area contributed by atoms with Gasteiger partial charge < -0.3 is 0 Å². The molecule has 1 N–H and O–H groups in total. The van der Waals surface area contributed by atoms with Gasteiger partial charge in [-0.2, -0.15) is 0 Å². The van der Waals surface area contributed by atoms with E-state index >= 15 is 0 Å². The van der Waals surface area contributed by atoms with Crippen LogP contribution in [0.5, 0.6) is 0 Å². The molecule has 3 nitrogen and oxygen atoms in total. The summed E-state index contributed by atoms with van der Waals surface area (Å²) < 4.78 is 27.8. The van der Waals surface area contributed by atoms with Gasteiger partial charge in [0.2, 0.25) is 10.0 Å². The molecule has 1 aliphatic carbocycles. The summed E-state index contributed by atoms with van der Waals surface area (Å²) in [6, 6.07) is 12.1. The van der Waals surface area contributed by atoms with E-state index in [-0.39, 0.29) is 16.0 Å². The van der Waals surface area contributed by atoms with Gasteiger partial charge in [-0.05, 0) is 42.2 Å². The van der Waals surface area contributed by atoms with Crippen LogP contribution < -0.4 is 4.72 Å². The lowest BCUT2D eigenvalue weighted by Crippen LogP contribution is -2.27. The van der Waals surface area contributed by atoms with Crippen LogP contribution in [-0.2, 0) is 16.4 Å². The SMILES string of the molecule is O=S(=O)(NC1CCc2ccccc21)c1cc(Cl)ccc1Cl. The zero-order chi connectivity index (χ0) is 15.0. The van der Waals surface area contributed by atoms with Crippen LogP contribution in [-0.4, -0.2) is 8.42 Å². The summed E-state index contributed by atoms with van der Waals surface area (Å²) in [5, 5.41) is 0.504. The van der Waals surface area contributed by atoms with Gasteiger partial charge in [0.1, 0.15) is 4.90 Å². The molecule has 1 unspecified atom stereocenters. The van der Waals surface area contributed by atoms with Crippen LogP contribution in [0.3, 0.4) is 0 Å². The van der Waals surface area contributed by atoms with E-state index in [9.17, 15) is 8.42 Å². The quantitative estimate of drug-likeness (QED) is 0.918. The van der Waals surface area contributed by atoms with Gasteiger partial charge >= 0.3 is 0 Å². The molecular weight excluding hydrogens is 329 g/mol. The second-order valence-electron chi connectivity index (χ2n) is 4.99. The van der Waals surface area contributed by atoms with Gasteiger partial charge in [0.25, 0.3) is 0 Å². The summed E-state index contributed by atoms with van der Waals surface area (Å²) in [7, 11) is -3.71. The Bertz CT molecular complexity index is 790. The molecule has 0 saturated heterocycles. The third-order valence-electron chi connectivity index (χ3n) is 3.61. The number of halogens is 2. The summed E-state index contributed by atoms with van der Waals surface area (Å²) in [5.74, 6) is 0. The van der Waals surface area contributed by atoms with E-state index in [0.717, 1.165) is 18.4 Å². The molecule has 0 aliphatic heterocycles. The van der Waals surface area contributed by atoms with E-state index < -0.39 is 10.0 Å². The lowest BCUT2D eigenvalue weighted by atomic mass is 10.1. The minimum atomic E-state index is -3.71. The second-order valence-corrected chi connectivity index (χ2v) is 7.51. The highest BCUT2D eigenvalue weighted by atomic mass is 35.5. The number of nitrogens with one attached hydrogen (secondary N) is 1. The van der Waals surface area contributed by atoms with Gasteiger partial charge in [0.15, 0.2) is 0 Å². The average molecular weight is 342 g/mol. The fraction of sp³-hybridized carbons (Fsp3) is 0.200. The maximum atomic E-state index is 12.5. The Hall–Kier alpha value is -1.07. The van der Waals surface area contributed by atoms with Crippen molar-refractivity contribution >= 4 is 33.2 Å². The summed E-state index contributed by atoms with van der Waals surface area (Å²) in [6.45, 7) is 0. The van der Waals surface area contributed by atoms with Crippen LogP contribution in [0.2, 0.25) is 10.0 Å². The molecule has 0 amide bonds. The van der Waals surface area contributed by atoms with Crippen molar-refractivity contribution in [3.8, 4) is 0 Å².